The summed E-state index contributed by atoms with van der Waals surface area (Å²) in [4.78, 5) is 0. The van der Waals surface area contributed by atoms with Gasteiger partial charge in [-0.05, 0) is 31.5 Å². The lowest BCUT2D eigenvalue weighted by Gasteiger charge is -2.23. The molecule has 0 amide bonds. The number of rotatable bonds is 4. The lowest BCUT2D eigenvalue weighted by molar-refractivity contribution is 0.0663. The van der Waals surface area contributed by atoms with Gasteiger partial charge in [-0.15, -0.1) is 0 Å². The Morgan fingerprint density at radius 3 is 2.00 bits per heavy atom. The van der Waals surface area contributed by atoms with Gasteiger partial charge in [0, 0.05) is 12.1 Å². The summed E-state index contributed by atoms with van der Waals surface area (Å²) >= 11 is 0. The highest BCUT2D eigenvalue weighted by Crippen LogP contribution is 2.33. The van der Waals surface area contributed by atoms with Crippen LogP contribution in [0.4, 0.5) is 0 Å². The average molecular weight is 225 g/mol. The van der Waals surface area contributed by atoms with Gasteiger partial charge in [0.25, 0.3) is 0 Å². The van der Waals surface area contributed by atoms with Crippen LogP contribution in [0.25, 0.3) is 0 Å². The van der Waals surface area contributed by atoms with Crippen LogP contribution in [0.3, 0.4) is 0 Å². The van der Waals surface area contributed by atoms with E-state index in [-0.39, 0.29) is 6.54 Å². The Morgan fingerprint density at radius 1 is 1.25 bits per heavy atom. The van der Waals surface area contributed by atoms with E-state index in [1.807, 2.05) is 6.92 Å². The Hall–Kier alpha value is -1.26. The van der Waals surface area contributed by atoms with Crippen LogP contribution in [0.15, 0.2) is 12.1 Å². The van der Waals surface area contributed by atoms with Crippen LogP contribution < -0.4 is 15.2 Å². The van der Waals surface area contributed by atoms with Crippen molar-refractivity contribution in [1.82, 2.24) is 0 Å². The second kappa shape index (κ2) is 4.72. The monoisotopic (exact) mass is 225 g/mol. The highest BCUT2D eigenvalue weighted by Gasteiger charge is 2.23. The molecule has 1 aromatic rings. The molecule has 0 saturated heterocycles. The minimum absolute atomic E-state index is 0.141. The van der Waals surface area contributed by atoms with Crippen molar-refractivity contribution in [3.63, 3.8) is 0 Å². The van der Waals surface area contributed by atoms with Crippen molar-refractivity contribution in [3.05, 3.63) is 23.3 Å². The van der Waals surface area contributed by atoms with Crippen LogP contribution in [-0.4, -0.2) is 25.9 Å². The molecule has 1 unspecified atom stereocenters. The highest BCUT2D eigenvalue weighted by atomic mass is 16.5. The topological polar surface area (TPSA) is 64.7 Å². The van der Waals surface area contributed by atoms with Crippen LogP contribution in [0.1, 0.15) is 18.1 Å². The molecule has 0 aliphatic rings. The summed E-state index contributed by atoms with van der Waals surface area (Å²) < 4.78 is 10.5. The average Bonchev–Trinajstić information content (AvgIpc) is 2.29. The van der Waals surface area contributed by atoms with Gasteiger partial charge in [0.15, 0.2) is 0 Å². The van der Waals surface area contributed by atoms with Gasteiger partial charge in [0.2, 0.25) is 0 Å². The molecule has 90 valence electrons. The molecule has 0 bridgehead atoms. The largest absolute Gasteiger partial charge is 0.496 e. The van der Waals surface area contributed by atoms with Gasteiger partial charge in [0.1, 0.15) is 11.5 Å². The van der Waals surface area contributed by atoms with Crippen molar-refractivity contribution >= 4 is 0 Å². The first-order valence-electron chi connectivity index (χ1n) is 5.11. The molecule has 1 atom stereocenters. The molecule has 4 heteroatoms. The van der Waals surface area contributed by atoms with Gasteiger partial charge >= 0.3 is 0 Å². The maximum atomic E-state index is 10.1. The quantitative estimate of drug-likeness (QED) is 0.807. The van der Waals surface area contributed by atoms with Gasteiger partial charge in [-0.2, -0.15) is 0 Å². The van der Waals surface area contributed by atoms with Gasteiger partial charge < -0.3 is 20.3 Å². The van der Waals surface area contributed by atoms with Gasteiger partial charge in [-0.25, -0.2) is 0 Å². The summed E-state index contributed by atoms with van der Waals surface area (Å²) in [6, 6.07) is 3.56. The highest BCUT2D eigenvalue weighted by molar-refractivity contribution is 5.48. The summed E-state index contributed by atoms with van der Waals surface area (Å²) in [5.74, 6) is 1.37. The predicted molar refractivity (Wildman–Crippen MR) is 62.9 cm³/mol. The third kappa shape index (κ3) is 2.28. The first kappa shape index (κ1) is 12.8. The molecule has 3 N–H and O–H groups in total. The molecule has 0 radical (unpaired) electrons. The van der Waals surface area contributed by atoms with Crippen molar-refractivity contribution in [3.8, 4) is 11.5 Å². The van der Waals surface area contributed by atoms with Gasteiger partial charge in [-0.3, -0.25) is 0 Å². The van der Waals surface area contributed by atoms with Gasteiger partial charge in [-0.1, -0.05) is 0 Å². The Morgan fingerprint density at radius 2 is 1.69 bits per heavy atom. The van der Waals surface area contributed by atoms with E-state index in [0.29, 0.717) is 17.1 Å². The fraction of sp³-hybridized carbons (Fsp3) is 0.500. The third-order valence-electron chi connectivity index (χ3n) is 2.77. The number of hydrogen-bond donors (Lipinski definition) is 2. The number of hydrogen-bond acceptors (Lipinski definition) is 4. The molecule has 0 spiro atoms. The van der Waals surface area contributed by atoms with E-state index in [4.69, 9.17) is 15.2 Å². The van der Waals surface area contributed by atoms with Crippen molar-refractivity contribution < 1.29 is 14.6 Å². The van der Waals surface area contributed by atoms with E-state index < -0.39 is 5.60 Å². The molecule has 4 nitrogen and oxygen atoms in total. The summed E-state index contributed by atoms with van der Waals surface area (Å²) in [5, 5.41) is 10.1. The number of nitrogens with two attached hydrogens (primary N) is 1. The van der Waals surface area contributed by atoms with E-state index in [0.717, 1.165) is 5.56 Å². The van der Waals surface area contributed by atoms with Crippen LogP contribution in [0.5, 0.6) is 11.5 Å². The minimum atomic E-state index is -1.08. The second-order valence-corrected chi connectivity index (χ2v) is 3.98. The van der Waals surface area contributed by atoms with Crippen molar-refractivity contribution in [1.29, 1.82) is 0 Å². The fourth-order valence-electron chi connectivity index (χ4n) is 1.51. The molecule has 0 aliphatic heterocycles. The number of ether oxygens (including phenoxy) is 2. The van der Waals surface area contributed by atoms with Gasteiger partial charge in [0.05, 0.1) is 19.8 Å². The van der Waals surface area contributed by atoms with Crippen LogP contribution in [0.2, 0.25) is 0 Å². The smallest absolute Gasteiger partial charge is 0.125 e. The Balaban J connectivity index is 3.32. The second-order valence-electron chi connectivity index (χ2n) is 3.98. The van der Waals surface area contributed by atoms with Crippen molar-refractivity contribution in [2.24, 2.45) is 5.73 Å². The van der Waals surface area contributed by atoms with Crippen molar-refractivity contribution in [2.45, 2.75) is 19.4 Å². The van der Waals surface area contributed by atoms with E-state index in [1.165, 1.54) is 0 Å². The summed E-state index contributed by atoms with van der Waals surface area (Å²) in [7, 11) is 3.17. The zero-order valence-electron chi connectivity index (χ0n) is 10.2. The minimum Gasteiger partial charge on any atom is -0.496 e. The first-order valence-corrected chi connectivity index (χ1v) is 5.11. The summed E-state index contributed by atoms with van der Waals surface area (Å²) in [6.45, 7) is 3.71. The fourth-order valence-corrected chi connectivity index (χ4v) is 1.51. The van der Waals surface area contributed by atoms with Crippen LogP contribution >= 0.6 is 0 Å². The van der Waals surface area contributed by atoms with Crippen molar-refractivity contribution in [2.75, 3.05) is 20.8 Å². The van der Waals surface area contributed by atoms with Crippen LogP contribution in [-0.2, 0) is 5.60 Å². The van der Waals surface area contributed by atoms with E-state index in [2.05, 4.69) is 0 Å². The lowest BCUT2D eigenvalue weighted by Crippen LogP contribution is -2.31. The molecule has 0 heterocycles. The zero-order valence-corrected chi connectivity index (χ0v) is 10.2. The Labute approximate surface area is 96.0 Å². The first-order chi connectivity index (χ1) is 7.46. The molecule has 0 aliphatic carbocycles. The van der Waals surface area contributed by atoms with E-state index in [1.54, 1.807) is 33.3 Å². The van der Waals surface area contributed by atoms with E-state index in [9.17, 15) is 5.11 Å². The summed E-state index contributed by atoms with van der Waals surface area (Å²) in [5.41, 5.74) is 6.05. The molecule has 0 aromatic heterocycles. The molecule has 0 saturated carbocycles. The molecule has 1 rings (SSSR count). The Kier molecular flexibility index (Phi) is 3.78. The molecule has 0 fully saturated rings. The molecule has 1 aromatic carbocycles. The summed E-state index contributed by atoms with van der Waals surface area (Å²) in [6.07, 6.45) is 0. The standard InChI is InChI=1S/C12H19NO3/c1-8-10(15-3)5-9(6-11(8)16-4)12(2,14)7-13/h5-6,14H,7,13H2,1-4H3. The number of benzene rings is 1. The van der Waals surface area contributed by atoms with E-state index >= 15 is 0 Å². The molecule has 16 heavy (non-hydrogen) atoms. The maximum Gasteiger partial charge on any atom is 0.125 e. The molecular formula is C12H19NO3. The lowest BCUT2D eigenvalue weighted by atomic mass is 9.94. The number of methoxy groups -OCH3 is 2. The van der Waals surface area contributed by atoms with Crippen LogP contribution in [0, 0.1) is 6.92 Å². The Bertz CT molecular complexity index is 350. The SMILES string of the molecule is COc1cc(C(C)(O)CN)cc(OC)c1C. The normalized spacial score (nSPS) is 14.4. The zero-order chi connectivity index (χ0) is 12.3. The number of aliphatic hydroxyl groups is 1. The molecular weight excluding hydrogens is 206 g/mol. The third-order valence-corrected chi connectivity index (χ3v) is 2.77. The predicted octanol–water partition coefficient (Wildman–Crippen LogP) is 1.18. The maximum absolute atomic E-state index is 10.1.